The van der Waals surface area contributed by atoms with Gasteiger partial charge in [0, 0.05) is 18.8 Å². The molecule has 0 atom stereocenters. The number of aromatic nitrogens is 2. The summed E-state index contributed by atoms with van der Waals surface area (Å²) in [5, 5.41) is 0. The quantitative estimate of drug-likeness (QED) is 0.851. The summed E-state index contributed by atoms with van der Waals surface area (Å²) in [5.41, 5.74) is 3.39. The minimum absolute atomic E-state index is 0.627. The van der Waals surface area contributed by atoms with Crippen molar-refractivity contribution in [2.24, 2.45) is 0 Å². The van der Waals surface area contributed by atoms with Crippen molar-refractivity contribution in [3.05, 3.63) is 41.5 Å². The van der Waals surface area contributed by atoms with Crippen molar-refractivity contribution >= 4 is 0 Å². The Balaban J connectivity index is 2.05. The molecule has 21 heavy (non-hydrogen) atoms. The predicted octanol–water partition coefficient (Wildman–Crippen LogP) is 2.76. The largest absolute Gasteiger partial charge is 0.493 e. The third kappa shape index (κ3) is 3.98. The molecule has 2 rings (SSSR count). The Morgan fingerprint density at radius 3 is 2.67 bits per heavy atom. The summed E-state index contributed by atoms with van der Waals surface area (Å²) in [6.07, 6.45) is 1.74. The Labute approximate surface area is 125 Å². The van der Waals surface area contributed by atoms with Gasteiger partial charge in [0.05, 0.1) is 25.7 Å². The Bertz CT molecular complexity index is 581. The third-order valence-electron chi connectivity index (χ3n) is 3.33. The first kappa shape index (κ1) is 15.4. The van der Waals surface area contributed by atoms with Crippen molar-refractivity contribution in [3.63, 3.8) is 0 Å². The number of nitrogens with zero attached hydrogens (tertiary/aromatic N) is 2. The number of rotatable bonds is 7. The van der Waals surface area contributed by atoms with Gasteiger partial charge in [-0.2, -0.15) is 0 Å². The van der Waals surface area contributed by atoms with Crippen LogP contribution < -0.4 is 9.47 Å². The average molecular weight is 289 g/mol. The van der Waals surface area contributed by atoms with Gasteiger partial charge >= 0.3 is 0 Å². The number of methoxy groups -OCH3 is 1. The molecule has 0 fully saturated rings. The molecule has 0 bridgehead atoms. The Kier molecular flexibility index (Phi) is 5.22. The molecule has 1 aromatic carbocycles. The first-order valence-electron chi connectivity index (χ1n) is 7.11. The minimum Gasteiger partial charge on any atom is -0.493 e. The summed E-state index contributed by atoms with van der Waals surface area (Å²) in [5.74, 6) is 1.56. The molecule has 0 saturated carbocycles. The molecule has 0 aliphatic rings. The number of imidazole rings is 1. The van der Waals surface area contributed by atoms with Gasteiger partial charge in [0.25, 0.3) is 0 Å². The summed E-state index contributed by atoms with van der Waals surface area (Å²) >= 11 is 0. The smallest absolute Gasteiger partial charge is 0.161 e. The highest BCUT2D eigenvalue weighted by atomic mass is 16.5. The molecule has 0 spiro atoms. The Morgan fingerprint density at radius 2 is 2.05 bits per heavy atom. The van der Waals surface area contributed by atoms with Crippen molar-refractivity contribution < 1.29 is 9.47 Å². The summed E-state index contributed by atoms with van der Waals surface area (Å²) in [7, 11) is 3.74. The standard InChI is InChI=1S/C16H23N3O2/c1-5-21-16-8-13(6-7-15(16)20-4)9-19(3)10-14-12(2)17-11-18-14/h6-8,11H,5,9-10H2,1-4H3,(H,17,18). The second kappa shape index (κ2) is 7.13. The molecule has 1 aromatic heterocycles. The number of ether oxygens (including phenoxy) is 2. The second-order valence-corrected chi connectivity index (χ2v) is 5.06. The van der Waals surface area contributed by atoms with Crippen LogP contribution >= 0.6 is 0 Å². The molecule has 114 valence electrons. The van der Waals surface area contributed by atoms with Gasteiger partial charge in [0.1, 0.15) is 0 Å². The molecule has 0 aliphatic heterocycles. The Hall–Kier alpha value is -2.01. The number of hydrogen-bond acceptors (Lipinski definition) is 4. The van der Waals surface area contributed by atoms with E-state index in [2.05, 4.69) is 28.0 Å². The molecule has 5 nitrogen and oxygen atoms in total. The van der Waals surface area contributed by atoms with Crippen molar-refractivity contribution in [1.82, 2.24) is 14.9 Å². The number of H-pyrrole nitrogens is 1. The van der Waals surface area contributed by atoms with Gasteiger partial charge in [-0.1, -0.05) is 6.07 Å². The number of hydrogen-bond donors (Lipinski definition) is 1. The van der Waals surface area contributed by atoms with Crippen molar-refractivity contribution in [3.8, 4) is 11.5 Å². The number of aromatic amines is 1. The molecule has 1 N–H and O–H groups in total. The van der Waals surface area contributed by atoms with Gasteiger partial charge in [-0.3, -0.25) is 4.90 Å². The Morgan fingerprint density at radius 1 is 1.24 bits per heavy atom. The zero-order valence-corrected chi connectivity index (χ0v) is 13.1. The van der Waals surface area contributed by atoms with Crippen LogP contribution in [0.15, 0.2) is 24.5 Å². The van der Waals surface area contributed by atoms with Crippen LogP contribution in [-0.4, -0.2) is 35.6 Å². The van der Waals surface area contributed by atoms with Crippen LogP contribution in [0.1, 0.15) is 23.9 Å². The zero-order chi connectivity index (χ0) is 15.2. The highest BCUT2D eigenvalue weighted by molar-refractivity contribution is 5.42. The van der Waals surface area contributed by atoms with E-state index in [0.29, 0.717) is 6.61 Å². The lowest BCUT2D eigenvalue weighted by molar-refractivity contribution is 0.302. The fourth-order valence-corrected chi connectivity index (χ4v) is 2.26. The van der Waals surface area contributed by atoms with Gasteiger partial charge in [-0.25, -0.2) is 4.98 Å². The molecule has 0 aliphatic carbocycles. The van der Waals surface area contributed by atoms with Crippen LogP contribution in [0.4, 0.5) is 0 Å². The van der Waals surface area contributed by atoms with Crippen LogP contribution in [0.25, 0.3) is 0 Å². The van der Waals surface area contributed by atoms with Crippen LogP contribution in [0, 0.1) is 6.92 Å². The van der Waals surface area contributed by atoms with Crippen LogP contribution in [0.2, 0.25) is 0 Å². The summed E-state index contributed by atoms with van der Waals surface area (Å²) in [4.78, 5) is 9.66. The van der Waals surface area contributed by atoms with Crippen LogP contribution in [0.3, 0.4) is 0 Å². The van der Waals surface area contributed by atoms with E-state index >= 15 is 0 Å². The fraction of sp³-hybridized carbons (Fsp3) is 0.438. The maximum Gasteiger partial charge on any atom is 0.161 e. The molecule has 5 heteroatoms. The van der Waals surface area contributed by atoms with E-state index in [-0.39, 0.29) is 0 Å². The molecule has 2 aromatic rings. The maximum atomic E-state index is 5.61. The van der Waals surface area contributed by atoms with Gasteiger partial charge in [-0.15, -0.1) is 0 Å². The number of nitrogens with one attached hydrogen (secondary N) is 1. The summed E-state index contributed by atoms with van der Waals surface area (Å²) in [6.45, 7) is 6.28. The zero-order valence-electron chi connectivity index (χ0n) is 13.1. The lowest BCUT2D eigenvalue weighted by Gasteiger charge is -2.17. The number of aryl methyl sites for hydroxylation is 1. The lowest BCUT2D eigenvalue weighted by Crippen LogP contribution is -2.18. The topological polar surface area (TPSA) is 50.4 Å². The van der Waals surface area contributed by atoms with Gasteiger partial charge < -0.3 is 14.5 Å². The molecule has 0 saturated heterocycles. The first-order valence-corrected chi connectivity index (χ1v) is 7.11. The molecular formula is C16H23N3O2. The first-order chi connectivity index (χ1) is 10.1. The highest BCUT2D eigenvalue weighted by Gasteiger charge is 2.09. The molecular weight excluding hydrogens is 266 g/mol. The molecule has 0 radical (unpaired) electrons. The van der Waals surface area contributed by atoms with E-state index in [1.165, 1.54) is 5.56 Å². The van der Waals surface area contributed by atoms with E-state index in [1.54, 1.807) is 13.4 Å². The second-order valence-electron chi connectivity index (χ2n) is 5.06. The molecule has 0 unspecified atom stereocenters. The van der Waals surface area contributed by atoms with Crippen LogP contribution in [-0.2, 0) is 13.1 Å². The summed E-state index contributed by atoms with van der Waals surface area (Å²) < 4.78 is 10.9. The predicted molar refractivity (Wildman–Crippen MR) is 82.7 cm³/mol. The monoisotopic (exact) mass is 289 g/mol. The molecule has 0 amide bonds. The van der Waals surface area contributed by atoms with E-state index in [4.69, 9.17) is 9.47 Å². The minimum atomic E-state index is 0.627. The molecule has 1 heterocycles. The van der Waals surface area contributed by atoms with E-state index < -0.39 is 0 Å². The van der Waals surface area contributed by atoms with E-state index in [1.807, 2.05) is 26.0 Å². The van der Waals surface area contributed by atoms with Crippen molar-refractivity contribution in [2.75, 3.05) is 20.8 Å². The van der Waals surface area contributed by atoms with Crippen molar-refractivity contribution in [1.29, 1.82) is 0 Å². The maximum absolute atomic E-state index is 5.61. The SMILES string of the molecule is CCOc1cc(CN(C)Cc2nc[nH]c2C)ccc1OC. The van der Waals surface area contributed by atoms with Crippen LogP contribution in [0.5, 0.6) is 11.5 Å². The average Bonchev–Trinajstić information content (AvgIpc) is 2.85. The third-order valence-corrected chi connectivity index (χ3v) is 3.33. The van der Waals surface area contributed by atoms with Gasteiger partial charge in [0.2, 0.25) is 0 Å². The highest BCUT2D eigenvalue weighted by Crippen LogP contribution is 2.28. The van der Waals surface area contributed by atoms with Gasteiger partial charge in [-0.05, 0) is 38.6 Å². The van der Waals surface area contributed by atoms with E-state index in [9.17, 15) is 0 Å². The fourth-order valence-electron chi connectivity index (χ4n) is 2.26. The normalized spacial score (nSPS) is 10.9. The lowest BCUT2D eigenvalue weighted by atomic mass is 10.2. The summed E-state index contributed by atoms with van der Waals surface area (Å²) in [6, 6.07) is 6.06. The van der Waals surface area contributed by atoms with Gasteiger partial charge in [0.15, 0.2) is 11.5 Å². The van der Waals surface area contributed by atoms with E-state index in [0.717, 1.165) is 36.0 Å². The van der Waals surface area contributed by atoms with Crippen molar-refractivity contribution in [2.45, 2.75) is 26.9 Å². The number of benzene rings is 1.